The summed E-state index contributed by atoms with van der Waals surface area (Å²) in [5, 5.41) is 0. The highest BCUT2D eigenvalue weighted by Crippen LogP contribution is 2.14. The predicted octanol–water partition coefficient (Wildman–Crippen LogP) is 2.44. The molecule has 1 aliphatic rings. The Labute approximate surface area is 113 Å². The van der Waals surface area contributed by atoms with Gasteiger partial charge < -0.3 is 9.47 Å². The largest absolute Gasteiger partial charge is 0.341 e. The topological polar surface area (TPSA) is 38.1 Å². The molecule has 0 spiro atoms. The molecule has 2 aromatic rings. The summed E-state index contributed by atoms with van der Waals surface area (Å²) >= 11 is 0. The van der Waals surface area contributed by atoms with Crippen molar-refractivity contribution in [3.8, 4) is 0 Å². The zero-order valence-corrected chi connectivity index (χ0v) is 11.1. The fourth-order valence-corrected chi connectivity index (χ4v) is 2.70. The van der Waals surface area contributed by atoms with E-state index < -0.39 is 0 Å². The van der Waals surface area contributed by atoms with E-state index in [9.17, 15) is 4.79 Å². The van der Waals surface area contributed by atoms with Crippen molar-refractivity contribution in [2.24, 2.45) is 0 Å². The summed E-state index contributed by atoms with van der Waals surface area (Å²) in [4.78, 5) is 18.7. The van der Waals surface area contributed by atoms with Gasteiger partial charge >= 0.3 is 0 Å². The average Bonchev–Trinajstić information content (AvgIpc) is 2.66. The molecular weight excluding hydrogens is 238 g/mol. The van der Waals surface area contributed by atoms with E-state index in [-0.39, 0.29) is 5.91 Å². The van der Waals surface area contributed by atoms with Gasteiger partial charge in [0, 0.05) is 13.1 Å². The van der Waals surface area contributed by atoms with E-state index in [0.29, 0.717) is 6.54 Å². The van der Waals surface area contributed by atoms with Crippen LogP contribution in [0, 0.1) is 0 Å². The van der Waals surface area contributed by atoms with Crippen molar-refractivity contribution >= 4 is 16.9 Å². The zero-order valence-electron chi connectivity index (χ0n) is 11.1. The number of amides is 1. The fraction of sp³-hybridized carbons (Fsp3) is 0.467. The van der Waals surface area contributed by atoms with Crippen LogP contribution in [0.25, 0.3) is 11.0 Å². The maximum absolute atomic E-state index is 12.3. The summed E-state index contributed by atoms with van der Waals surface area (Å²) in [7, 11) is 0. The minimum absolute atomic E-state index is 0.213. The van der Waals surface area contributed by atoms with Crippen LogP contribution in [0.2, 0.25) is 0 Å². The predicted molar refractivity (Wildman–Crippen MR) is 74.8 cm³/mol. The van der Waals surface area contributed by atoms with Gasteiger partial charge in [0.25, 0.3) is 0 Å². The van der Waals surface area contributed by atoms with Crippen LogP contribution in [0.3, 0.4) is 0 Å². The first-order chi connectivity index (χ1) is 9.34. The van der Waals surface area contributed by atoms with Gasteiger partial charge in [-0.3, -0.25) is 4.79 Å². The number of carbonyl (C=O) groups is 1. The molecule has 3 rings (SSSR count). The van der Waals surface area contributed by atoms with E-state index >= 15 is 0 Å². The van der Waals surface area contributed by atoms with Gasteiger partial charge in [-0.1, -0.05) is 25.0 Å². The monoisotopic (exact) mass is 257 g/mol. The van der Waals surface area contributed by atoms with Crippen molar-refractivity contribution in [3.05, 3.63) is 30.6 Å². The number of imidazole rings is 1. The second-order valence-corrected chi connectivity index (χ2v) is 5.16. The van der Waals surface area contributed by atoms with Crippen molar-refractivity contribution in [3.63, 3.8) is 0 Å². The number of rotatable bonds is 2. The Bertz CT molecular complexity index is 568. The fourth-order valence-electron chi connectivity index (χ4n) is 2.70. The smallest absolute Gasteiger partial charge is 0.242 e. The second-order valence-electron chi connectivity index (χ2n) is 5.16. The molecule has 4 nitrogen and oxygen atoms in total. The lowest BCUT2D eigenvalue weighted by atomic mass is 10.2. The van der Waals surface area contributed by atoms with Gasteiger partial charge in [0.15, 0.2) is 0 Å². The maximum atomic E-state index is 12.3. The molecule has 19 heavy (non-hydrogen) atoms. The van der Waals surface area contributed by atoms with E-state index in [4.69, 9.17) is 0 Å². The van der Waals surface area contributed by atoms with Gasteiger partial charge in [-0.15, -0.1) is 0 Å². The highest BCUT2D eigenvalue weighted by molar-refractivity contribution is 5.80. The first kappa shape index (κ1) is 12.2. The molecule has 1 aliphatic heterocycles. The Morgan fingerprint density at radius 1 is 1.11 bits per heavy atom. The Kier molecular flexibility index (Phi) is 3.49. The number of hydrogen-bond acceptors (Lipinski definition) is 2. The highest BCUT2D eigenvalue weighted by atomic mass is 16.2. The van der Waals surface area contributed by atoms with E-state index in [1.807, 2.05) is 33.7 Å². The van der Waals surface area contributed by atoms with Crippen LogP contribution in [-0.4, -0.2) is 33.4 Å². The summed E-state index contributed by atoms with van der Waals surface area (Å²) in [6.45, 7) is 2.22. The Hall–Kier alpha value is -1.84. The quantitative estimate of drug-likeness (QED) is 0.828. The third-order valence-corrected chi connectivity index (χ3v) is 3.79. The molecular formula is C15H19N3O. The summed E-state index contributed by atoms with van der Waals surface area (Å²) in [5.74, 6) is 0.213. The molecule has 1 aromatic carbocycles. The Morgan fingerprint density at radius 3 is 2.63 bits per heavy atom. The van der Waals surface area contributed by atoms with Crippen LogP contribution in [0.1, 0.15) is 25.7 Å². The summed E-state index contributed by atoms with van der Waals surface area (Å²) in [5.41, 5.74) is 1.98. The van der Waals surface area contributed by atoms with Gasteiger partial charge in [0.1, 0.15) is 6.54 Å². The number of likely N-dealkylation sites (tertiary alicyclic amines) is 1. The van der Waals surface area contributed by atoms with Gasteiger partial charge in [-0.2, -0.15) is 0 Å². The normalized spacial score (nSPS) is 16.5. The minimum Gasteiger partial charge on any atom is -0.341 e. The minimum atomic E-state index is 0.213. The molecule has 1 aromatic heterocycles. The highest BCUT2D eigenvalue weighted by Gasteiger charge is 2.16. The molecule has 0 bridgehead atoms. The van der Waals surface area contributed by atoms with Crippen LogP contribution in [0.4, 0.5) is 0 Å². The second kappa shape index (κ2) is 5.43. The lowest BCUT2D eigenvalue weighted by molar-refractivity contribution is -0.131. The summed E-state index contributed by atoms with van der Waals surface area (Å²) < 4.78 is 1.95. The number of hydrogen-bond donors (Lipinski definition) is 0. The van der Waals surface area contributed by atoms with Gasteiger partial charge in [-0.05, 0) is 25.0 Å². The molecule has 0 N–H and O–H groups in total. The van der Waals surface area contributed by atoms with E-state index in [0.717, 1.165) is 37.0 Å². The van der Waals surface area contributed by atoms with E-state index in [2.05, 4.69) is 4.98 Å². The molecule has 1 amide bonds. The lowest BCUT2D eigenvalue weighted by Gasteiger charge is -2.20. The van der Waals surface area contributed by atoms with E-state index in [1.54, 1.807) is 6.33 Å². The molecule has 0 atom stereocenters. The Balaban J connectivity index is 1.75. The molecule has 0 saturated carbocycles. The number of fused-ring (bicyclic) bond motifs is 1. The molecule has 4 heteroatoms. The third kappa shape index (κ3) is 2.62. The molecule has 2 heterocycles. The van der Waals surface area contributed by atoms with Crippen LogP contribution < -0.4 is 0 Å². The van der Waals surface area contributed by atoms with Crippen molar-refractivity contribution in [1.82, 2.24) is 14.5 Å². The average molecular weight is 257 g/mol. The van der Waals surface area contributed by atoms with Crippen LogP contribution in [-0.2, 0) is 11.3 Å². The zero-order chi connectivity index (χ0) is 13.1. The van der Waals surface area contributed by atoms with Crippen molar-refractivity contribution in [2.45, 2.75) is 32.2 Å². The number of carbonyl (C=O) groups excluding carboxylic acids is 1. The van der Waals surface area contributed by atoms with E-state index in [1.165, 1.54) is 12.8 Å². The number of aromatic nitrogens is 2. The molecule has 1 fully saturated rings. The maximum Gasteiger partial charge on any atom is 0.242 e. The van der Waals surface area contributed by atoms with Gasteiger partial charge in [0.05, 0.1) is 17.4 Å². The molecule has 0 radical (unpaired) electrons. The first-order valence-electron chi connectivity index (χ1n) is 7.02. The molecule has 1 saturated heterocycles. The van der Waals surface area contributed by atoms with Crippen molar-refractivity contribution < 1.29 is 4.79 Å². The standard InChI is InChI=1S/C15H19N3O/c19-15(17-9-5-1-2-6-10-17)11-18-12-16-13-7-3-4-8-14(13)18/h3-4,7-8,12H,1-2,5-6,9-11H2. The molecule has 0 aliphatic carbocycles. The molecule has 100 valence electrons. The Morgan fingerprint density at radius 2 is 1.84 bits per heavy atom. The van der Waals surface area contributed by atoms with Crippen LogP contribution in [0.15, 0.2) is 30.6 Å². The van der Waals surface area contributed by atoms with Crippen LogP contribution in [0.5, 0.6) is 0 Å². The summed E-state index contributed by atoms with van der Waals surface area (Å²) in [6, 6.07) is 7.94. The van der Waals surface area contributed by atoms with Gasteiger partial charge in [0.2, 0.25) is 5.91 Å². The lowest BCUT2D eigenvalue weighted by Crippen LogP contribution is -2.34. The van der Waals surface area contributed by atoms with Gasteiger partial charge in [-0.25, -0.2) is 4.98 Å². The summed E-state index contributed by atoms with van der Waals surface area (Å²) in [6.07, 6.45) is 6.53. The van der Waals surface area contributed by atoms with Crippen LogP contribution >= 0.6 is 0 Å². The number of benzene rings is 1. The first-order valence-corrected chi connectivity index (χ1v) is 7.02. The SMILES string of the molecule is O=C(Cn1cnc2ccccc21)N1CCCCCC1. The third-order valence-electron chi connectivity index (χ3n) is 3.79. The molecule has 0 unspecified atom stereocenters. The van der Waals surface area contributed by atoms with Crippen molar-refractivity contribution in [2.75, 3.05) is 13.1 Å². The van der Waals surface area contributed by atoms with Crippen molar-refractivity contribution in [1.29, 1.82) is 0 Å². The number of nitrogens with zero attached hydrogens (tertiary/aromatic N) is 3. The number of para-hydroxylation sites is 2.